The number of aromatic amines is 1. The number of rotatable bonds is 3. The maximum atomic E-state index is 6.12. The van der Waals surface area contributed by atoms with E-state index in [4.69, 9.17) is 16.6 Å². The Hall–Kier alpha value is -2.59. The second-order valence-electron chi connectivity index (χ2n) is 5.56. The number of fused-ring (bicyclic) bond motifs is 1. The van der Waals surface area contributed by atoms with Crippen molar-refractivity contribution in [2.75, 3.05) is 0 Å². The van der Waals surface area contributed by atoms with Gasteiger partial charge in [-0.1, -0.05) is 41.4 Å². The van der Waals surface area contributed by atoms with Crippen molar-refractivity contribution in [3.8, 4) is 11.3 Å². The summed E-state index contributed by atoms with van der Waals surface area (Å²) in [6, 6.07) is 12.2. The molecule has 4 nitrogen and oxygen atoms in total. The van der Waals surface area contributed by atoms with Crippen LogP contribution < -0.4 is 0 Å². The zero-order chi connectivity index (χ0) is 15.8. The molecule has 0 atom stereocenters. The van der Waals surface area contributed by atoms with Crippen LogP contribution in [0.25, 0.3) is 16.9 Å². The van der Waals surface area contributed by atoms with Crippen LogP contribution in [0, 0.1) is 6.92 Å². The lowest BCUT2D eigenvalue weighted by molar-refractivity contribution is 0.956. The number of halogens is 1. The number of hydrogen-bond donors (Lipinski definition) is 1. The third-order valence-electron chi connectivity index (χ3n) is 3.90. The van der Waals surface area contributed by atoms with Gasteiger partial charge in [0.1, 0.15) is 11.5 Å². The molecule has 0 amide bonds. The monoisotopic (exact) mass is 322 g/mol. The Morgan fingerprint density at radius 3 is 2.74 bits per heavy atom. The summed E-state index contributed by atoms with van der Waals surface area (Å²) >= 11 is 6.12. The van der Waals surface area contributed by atoms with Crippen LogP contribution in [0.2, 0.25) is 5.02 Å². The molecule has 4 aromatic rings. The summed E-state index contributed by atoms with van der Waals surface area (Å²) in [7, 11) is 0. The smallest absolute Gasteiger partial charge is 0.139 e. The Bertz CT molecular complexity index is 953. The molecule has 23 heavy (non-hydrogen) atoms. The number of aryl methyl sites for hydroxylation is 1. The first-order chi connectivity index (χ1) is 11.2. The highest BCUT2D eigenvalue weighted by Gasteiger charge is 2.15. The minimum Gasteiger partial charge on any atom is -0.348 e. The van der Waals surface area contributed by atoms with Crippen molar-refractivity contribution in [1.29, 1.82) is 0 Å². The van der Waals surface area contributed by atoms with E-state index >= 15 is 0 Å². The Morgan fingerprint density at radius 1 is 1.17 bits per heavy atom. The average molecular weight is 323 g/mol. The fourth-order valence-corrected chi connectivity index (χ4v) is 2.89. The van der Waals surface area contributed by atoms with Gasteiger partial charge in [-0.3, -0.25) is 0 Å². The second kappa shape index (κ2) is 5.56. The molecule has 0 aliphatic heterocycles. The van der Waals surface area contributed by atoms with E-state index in [1.54, 1.807) is 6.20 Å². The predicted octanol–water partition coefficient (Wildman–Crippen LogP) is 4.28. The molecule has 0 bridgehead atoms. The average Bonchev–Trinajstić information content (AvgIpc) is 3.17. The summed E-state index contributed by atoms with van der Waals surface area (Å²) in [4.78, 5) is 12.3. The third kappa shape index (κ3) is 2.62. The number of aromatic nitrogens is 4. The van der Waals surface area contributed by atoms with Crippen LogP contribution in [0.4, 0.5) is 0 Å². The molecule has 5 heteroatoms. The Kier molecular flexibility index (Phi) is 3.39. The summed E-state index contributed by atoms with van der Waals surface area (Å²) in [6.07, 6.45) is 6.24. The fraction of sp³-hybridized carbons (Fsp3) is 0.111. The number of pyridine rings is 1. The fourth-order valence-electron chi connectivity index (χ4n) is 2.74. The lowest BCUT2D eigenvalue weighted by atomic mass is 10.1. The maximum Gasteiger partial charge on any atom is 0.139 e. The normalized spacial score (nSPS) is 11.2. The first kappa shape index (κ1) is 14.0. The van der Waals surface area contributed by atoms with Crippen molar-refractivity contribution in [1.82, 2.24) is 19.4 Å². The van der Waals surface area contributed by atoms with Gasteiger partial charge in [-0.25, -0.2) is 9.97 Å². The minimum atomic E-state index is 0.680. The van der Waals surface area contributed by atoms with Gasteiger partial charge in [-0.15, -0.1) is 0 Å². The van der Waals surface area contributed by atoms with Crippen LogP contribution >= 0.6 is 11.6 Å². The topological polar surface area (TPSA) is 46.0 Å². The molecule has 3 heterocycles. The Labute approximate surface area is 138 Å². The van der Waals surface area contributed by atoms with E-state index in [1.165, 1.54) is 5.56 Å². The van der Waals surface area contributed by atoms with Crippen LogP contribution in [0.15, 0.2) is 55.0 Å². The summed E-state index contributed by atoms with van der Waals surface area (Å²) in [5.41, 5.74) is 5.22. The largest absolute Gasteiger partial charge is 0.348 e. The molecule has 3 aromatic heterocycles. The highest BCUT2D eigenvalue weighted by Crippen LogP contribution is 2.27. The van der Waals surface area contributed by atoms with Crippen molar-refractivity contribution < 1.29 is 0 Å². The Morgan fingerprint density at radius 2 is 2.00 bits per heavy atom. The van der Waals surface area contributed by atoms with Crippen molar-refractivity contribution >= 4 is 17.2 Å². The zero-order valence-electron chi connectivity index (χ0n) is 12.6. The molecule has 114 valence electrons. The molecule has 1 N–H and O–H groups in total. The van der Waals surface area contributed by atoms with Gasteiger partial charge >= 0.3 is 0 Å². The number of imidazole rings is 2. The molecule has 0 unspecified atom stereocenters. The van der Waals surface area contributed by atoms with Gasteiger partial charge in [0.05, 0.1) is 11.4 Å². The van der Waals surface area contributed by atoms with Gasteiger partial charge in [0.15, 0.2) is 0 Å². The van der Waals surface area contributed by atoms with E-state index in [-0.39, 0.29) is 0 Å². The summed E-state index contributed by atoms with van der Waals surface area (Å²) < 4.78 is 2.07. The quantitative estimate of drug-likeness (QED) is 0.612. The van der Waals surface area contributed by atoms with Crippen molar-refractivity contribution in [2.45, 2.75) is 13.3 Å². The lowest BCUT2D eigenvalue weighted by Crippen LogP contribution is -1.98. The van der Waals surface area contributed by atoms with Crippen molar-refractivity contribution in [3.05, 3.63) is 77.1 Å². The highest BCUT2D eigenvalue weighted by atomic mass is 35.5. The predicted molar refractivity (Wildman–Crippen MR) is 91.8 cm³/mol. The molecule has 4 rings (SSSR count). The number of hydrogen-bond acceptors (Lipinski definition) is 2. The van der Waals surface area contributed by atoms with E-state index in [0.29, 0.717) is 11.4 Å². The van der Waals surface area contributed by atoms with Gasteiger partial charge in [0.25, 0.3) is 0 Å². The number of H-pyrrole nitrogens is 1. The lowest BCUT2D eigenvalue weighted by Gasteiger charge is -2.04. The van der Waals surface area contributed by atoms with Crippen LogP contribution in [-0.2, 0) is 6.42 Å². The molecule has 0 aliphatic carbocycles. The van der Waals surface area contributed by atoms with Gasteiger partial charge in [0.2, 0.25) is 0 Å². The molecule has 0 fully saturated rings. The molecular formula is C18H15ClN4. The van der Waals surface area contributed by atoms with E-state index < -0.39 is 0 Å². The van der Waals surface area contributed by atoms with Crippen molar-refractivity contribution in [3.63, 3.8) is 0 Å². The van der Waals surface area contributed by atoms with E-state index in [2.05, 4.69) is 45.6 Å². The van der Waals surface area contributed by atoms with Gasteiger partial charge < -0.3 is 9.38 Å². The third-order valence-corrected chi connectivity index (χ3v) is 4.14. The van der Waals surface area contributed by atoms with E-state index in [1.807, 2.05) is 24.5 Å². The van der Waals surface area contributed by atoms with Gasteiger partial charge in [-0.05, 0) is 13.0 Å². The number of nitrogens with zero attached hydrogens (tertiary/aromatic N) is 3. The van der Waals surface area contributed by atoms with Crippen LogP contribution in [0.1, 0.15) is 17.1 Å². The first-order valence-corrected chi connectivity index (χ1v) is 7.80. The van der Waals surface area contributed by atoms with Crippen LogP contribution in [0.3, 0.4) is 0 Å². The standard InChI is InChI=1S/C18H15ClN4/c1-12-2-4-13(5-3-12)18-15(11-16-20-7-8-21-16)23-9-6-14(19)10-17(23)22-18/h2-10H,11H2,1H3,(H,20,21). The Balaban J connectivity index is 1.92. The van der Waals surface area contributed by atoms with Crippen LogP contribution in [-0.4, -0.2) is 19.4 Å². The summed E-state index contributed by atoms with van der Waals surface area (Å²) in [5, 5.41) is 0.683. The summed E-state index contributed by atoms with van der Waals surface area (Å²) in [5.74, 6) is 0.912. The SMILES string of the molecule is Cc1ccc(-c2nc3cc(Cl)ccn3c2Cc2ncc[nH]2)cc1. The molecule has 1 aromatic carbocycles. The van der Waals surface area contributed by atoms with Crippen LogP contribution in [0.5, 0.6) is 0 Å². The highest BCUT2D eigenvalue weighted by molar-refractivity contribution is 6.30. The molecular weight excluding hydrogens is 308 g/mol. The number of nitrogens with one attached hydrogen (secondary N) is 1. The first-order valence-electron chi connectivity index (χ1n) is 7.42. The minimum absolute atomic E-state index is 0.680. The molecule has 0 saturated heterocycles. The molecule has 0 spiro atoms. The van der Waals surface area contributed by atoms with Gasteiger partial charge in [-0.2, -0.15) is 0 Å². The van der Waals surface area contributed by atoms with Gasteiger partial charge in [0, 0.05) is 41.7 Å². The summed E-state index contributed by atoms with van der Waals surface area (Å²) in [6.45, 7) is 2.08. The molecule has 0 aliphatic rings. The second-order valence-corrected chi connectivity index (χ2v) is 6.00. The van der Waals surface area contributed by atoms with E-state index in [0.717, 1.165) is 28.4 Å². The van der Waals surface area contributed by atoms with Crippen molar-refractivity contribution in [2.24, 2.45) is 0 Å². The molecule has 0 radical (unpaired) electrons. The number of benzene rings is 1. The maximum absolute atomic E-state index is 6.12. The zero-order valence-corrected chi connectivity index (χ0v) is 13.4. The van der Waals surface area contributed by atoms with E-state index in [9.17, 15) is 0 Å². The molecule has 0 saturated carbocycles.